The lowest BCUT2D eigenvalue weighted by Crippen LogP contribution is -2.14. The molecule has 132 valence electrons. The summed E-state index contributed by atoms with van der Waals surface area (Å²) in [5.74, 6) is -0.635. The molecule has 26 heavy (non-hydrogen) atoms. The minimum absolute atomic E-state index is 0.253. The number of aromatic nitrogens is 2. The third-order valence-corrected chi connectivity index (χ3v) is 3.93. The monoisotopic (exact) mass is 388 g/mol. The maximum Gasteiger partial charge on any atom is 0.258 e. The van der Waals surface area contributed by atoms with E-state index in [0.717, 1.165) is 5.69 Å². The number of carbonyl (C=O) groups excluding carboxylic acids is 2. The third kappa shape index (κ3) is 4.22. The zero-order valence-electron chi connectivity index (χ0n) is 13.7. The van der Waals surface area contributed by atoms with Crippen LogP contribution < -0.4 is 10.6 Å². The topological polar surface area (TPSA) is 76.0 Å². The summed E-state index contributed by atoms with van der Waals surface area (Å²) >= 11 is 12.0. The number of nitrogens with zero attached hydrogens (tertiary/aromatic N) is 2. The molecule has 0 bridgehead atoms. The quantitative estimate of drug-likeness (QED) is 0.695. The zero-order valence-corrected chi connectivity index (χ0v) is 15.2. The van der Waals surface area contributed by atoms with Crippen LogP contribution in [0.15, 0.2) is 54.9 Å². The van der Waals surface area contributed by atoms with Gasteiger partial charge in [0.15, 0.2) is 0 Å². The van der Waals surface area contributed by atoms with Gasteiger partial charge in [-0.3, -0.25) is 9.59 Å². The smallest absolute Gasteiger partial charge is 0.258 e. The number of benzene rings is 2. The summed E-state index contributed by atoms with van der Waals surface area (Å²) in [5, 5.41) is 10.6. The standard InChI is InChI=1S/C18H14Cl2N4O2/c1-11(25)22-16-6-5-14(20)8-17(16)23-18(26)12-9-21-24(10-12)15-4-2-3-13(19)7-15/h2-10H,1H3,(H,22,25)(H,23,26). The van der Waals surface area contributed by atoms with Crippen LogP contribution in [0.1, 0.15) is 17.3 Å². The molecular weight excluding hydrogens is 375 g/mol. The number of hydrogen-bond donors (Lipinski definition) is 2. The van der Waals surface area contributed by atoms with Crippen LogP contribution in [-0.4, -0.2) is 21.6 Å². The molecule has 0 saturated heterocycles. The van der Waals surface area contributed by atoms with Crippen molar-refractivity contribution >= 4 is 46.4 Å². The van der Waals surface area contributed by atoms with Crippen molar-refractivity contribution in [1.82, 2.24) is 9.78 Å². The van der Waals surface area contributed by atoms with Gasteiger partial charge in [-0.2, -0.15) is 5.10 Å². The Morgan fingerprint density at radius 2 is 1.77 bits per heavy atom. The molecule has 0 aliphatic heterocycles. The minimum Gasteiger partial charge on any atom is -0.325 e. The number of rotatable bonds is 4. The van der Waals surface area contributed by atoms with Crippen molar-refractivity contribution in [3.8, 4) is 5.69 Å². The highest BCUT2D eigenvalue weighted by Crippen LogP contribution is 2.26. The van der Waals surface area contributed by atoms with Crippen molar-refractivity contribution in [2.24, 2.45) is 0 Å². The summed E-state index contributed by atoms with van der Waals surface area (Å²) in [7, 11) is 0. The predicted octanol–water partition coefficient (Wildman–Crippen LogP) is 4.39. The lowest BCUT2D eigenvalue weighted by Gasteiger charge is -2.11. The first-order valence-corrected chi connectivity index (χ1v) is 8.37. The minimum atomic E-state index is -0.382. The van der Waals surface area contributed by atoms with E-state index in [2.05, 4.69) is 15.7 Å². The van der Waals surface area contributed by atoms with Gasteiger partial charge in [-0.05, 0) is 36.4 Å². The number of carbonyl (C=O) groups is 2. The normalized spacial score (nSPS) is 10.4. The molecule has 1 aromatic heterocycles. The van der Waals surface area contributed by atoms with E-state index in [4.69, 9.17) is 23.2 Å². The Labute approximate surface area is 159 Å². The predicted molar refractivity (Wildman–Crippen MR) is 102 cm³/mol. The Hall–Kier alpha value is -2.83. The van der Waals surface area contributed by atoms with Crippen LogP contribution in [0.3, 0.4) is 0 Å². The molecule has 0 saturated carbocycles. The largest absolute Gasteiger partial charge is 0.325 e. The van der Waals surface area contributed by atoms with Gasteiger partial charge < -0.3 is 10.6 Å². The van der Waals surface area contributed by atoms with Crippen LogP contribution in [0.4, 0.5) is 11.4 Å². The molecule has 8 heteroatoms. The molecule has 2 aromatic carbocycles. The van der Waals surface area contributed by atoms with Crippen LogP contribution in [0, 0.1) is 0 Å². The van der Waals surface area contributed by atoms with Gasteiger partial charge in [0.2, 0.25) is 5.91 Å². The summed E-state index contributed by atoms with van der Waals surface area (Å²) in [4.78, 5) is 23.8. The van der Waals surface area contributed by atoms with Crippen LogP contribution in [0.5, 0.6) is 0 Å². The van der Waals surface area contributed by atoms with E-state index >= 15 is 0 Å². The number of hydrogen-bond acceptors (Lipinski definition) is 3. The summed E-state index contributed by atoms with van der Waals surface area (Å²) in [6.45, 7) is 1.38. The molecular formula is C18H14Cl2N4O2. The van der Waals surface area contributed by atoms with E-state index in [1.165, 1.54) is 13.1 Å². The first kappa shape index (κ1) is 18.0. The van der Waals surface area contributed by atoms with Gasteiger partial charge in [0.05, 0.1) is 28.8 Å². The van der Waals surface area contributed by atoms with E-state index in [1.807, 2.05) is 6.07 Å². The second-order valence-electron chi connectivity index (χ2n) is 5.48. The number of amides is 2. The van der Waals surface area contributed by atoms with Gasteiger partial charge in [0.25, 0.3) is 5.91 Å². The second-order valence-corrected chi connectivity index (χ2v) is 6.35. The van der Waals surface area contributed by atoms with Crippen LogP contribution in [0.2, 0.25) is 10.0 Å². The molecule has 0 fully saturated rings. The number of halogens is 2. The molecule has 0 atom stereocenters. The molecule has 3 aromatic rings. The fourth-order valence-electron chi connectivity index (χ4n) is 2.31. The van der Waals surface area contributed by atoms with Gasteiger partial charge in [0, 0.05) is 23.2 Å². The van der Waals surface area contributed by atoms with Gasteiger partial charge >= 0.3 is 0 Å². The third-order valence-electron chi connectivity index (χ3n) is 3.46. The van der Waals surface area contributed by atoms with Crippen LogP contribution in [0.25, 0.3) is 5.69 Å². The van der Waals surface area contributed by atoms with Crippen molar-refractivity contribution in [2.45, 2.75) is 6.92 Å². The molecule has 0 spiro atoms. The highest BCUT2D eigenvalue weighted by molar-refractivity contribution is 6.31. The Kier molecular flexibility index (Phi) is 5.25. The van der Waals surface area contributed by atoms with Gasteiger partial charge in [-0.25, -0.2) is 4.68 Å². The molecule has 0 radical (unpaired) electrons. The van der Waals surface area contributed by atoms with Crippen molar-refractivity contribution in [2.75, 3.05) is 10.6 Å². The first-order valence-electron chi connectivity index (χ1n) is 7.61. The lowest BCUT2D eigenvalue weighted by atomic mass is 10.2. The Balaban J connectivity index is 1.83. The molecule has 0 unspecified atom stereocenters. The average molecular weight is 389 g/mol. The molecule has 2 amide bonds. The van der Waals surface area contributed by atoms with Crippen molar-refractivity contribution in [3.63, 3.8) is 0 Å². The number of nitrogens with one attached hydrogen (secondary N) is 2. The summed E-state index contributed by atoms with van der Waals surface area (Å²) in [6, 6.07) is 11.9. The van der Waals surface area contributed by atoms with Crippen molar-refractivity contribution in [1.29, 1.82) is 0 Å². The lowest BCUT2D eigenvalue weighted by molar-refractivity contribution is -0.114. The Bertz CT molecular complexity index is 985. The molecule has 1 heterocycles. The van der Waals surface area contributed by atoms with Crippen LogP contribution in [-0.2, 0) is 4.79 Å². The Morgan fingerprint density at radius 1 is 1.00 bits per heavy atom. The summed E-state index contributed by atoms with van der Waals surface area (Å²) in [5.41, 5.74) is 1.93. The van der Waals surface area contributed by atoms with E-state index in [0.29, 0.717) is 27.0 Å². The van der Waals surface area contributed by atoms with E-state index in [1.54, 1.807) is 47.3 Å². The maximum absolute atomic E-state index is 12.5. The fraction of sp³-hybridized carbons (Fsp3) is 0.0556. The summed E-state index contributed by atoms with van der Waals surface area (Å²) < 4.78 is 1.55. The second kappa shape index (κ2) is 7.59. The van der Waals surface area contributed by atoms with Crippen molar-refractivity contribution < 1.29 is 9.59 Å². The molecule has 2 N–H and O–H groups in total. The van der Waals surface area contributed by atoms with Crippen molar-refractivity contribution in [3.05, 3.63) is 70.5 Å². The van der Waals surface area contributed by atoms with Gasteiger partial charge in [0.1, 0.15) is 0 Å². The molecule has 0 aliphatic rings. The SMILES string of the molecule is CC(=O)Nc1ccc(Cl)cc1NC(=O)c1cnn(-c2cccc(Cl)c2)c1. The fourth-order valence-corrected chi connectivity index (χ4v) is 2.67. The molecule has 3 rings (SSSR count). The van der Waals surface area contributed by atoms with Gasteiger partial charge in [-0.1, -0.05) is 29.3 Å². The molecule has 6 nitrogen and oxygen atoms in total. The van der Waals surface area contributed by atoms with Gasteiger partial charge in [-0.15, -0.1) is 0 Å². The summed E-state index contributed by atoms with van der Waals surface area (Å²) in [6.07, 6.45) is 3.03. The highest BCUT2D eigenvalue weighted by Gasteiger charge is 2.13. The van der Waals surface area contributed by atoms with E-state index in [-0.39, 0.29) is 11.8 Å². The average Bonchev–Trinajstić information content (AvgIpc) is 3.07. The highest BCUT2D eigenvalue weighted by atomic mass is 35.5. The number of anilines is 2. The van der Waals surface area contributed by atoms with Crippen LogP contribution >= 0.6 is 23.2 Å². The van der Waals surface area contributed by atoms with E-state index < -0.39 is 0 Å². The Morgan fingerprint density at radius 3 is 2.50 bits per heavy atom. The maximum atomic E-state index is 12.5. The molecule has 0 aliphatic carbocycles. The first-order chi connectivity index (χ1) is 12.4. The van der Waals surface area contributed by atoms with E-state index in [9.17, 15) is 9.59 Å². The zero-order chi connectivity index (χ0) is 18.7.